The number of hydrogen-bond acceptors (Lipinski definition) is 2. The maximum absolute atomic E-state index is 9.93. The van der Waals surface area contributed by atoms with Gasteiger partial charge < -0.3 is 10.2 Å². The van der Waals surface area contributed by atoms with Gasteiger partial charge in [-0.05, 0) is 50.5 Å². The third-order valence-corrected chi connectivity index (χ3v) is 2.77. The summed E-state index contributed by atoms with van der Waals surface area (Å²) in [6.07, 6.45) is 0. The summed E-state index contributed by atoms with van der Waals surface area (Å²) in [7, 11) is 0. The van der Waals surface area contributed by atoms with E-state index >= 15 is 0 Å². The number of aliphatic hydroxyl groups is 1. The second-order valence-corrected chi connectivity index (χ2v) is 4.46. The van der Waals surface area contributed by atoms with Gasteiger partial charge in [-0.1, -0.05) is 11.6 Å². The van der Waals surface area contributed by atoms with Crippen LogP contribution in [-0.2, 0) is 5.60 Å². The van der Waals surface area contributed by atoms with Crippen molar-refractivity contribution in [3.05, 3.63) is 27.8 Å². The van der Waals surface area contributed by atoms with E-state index in [4.69, 9.17) is 11.6 Å². The molecule has 78 valence electrons. The van der Waals surface area contributed by atoms with Crippen LogP contribution in [0.15, 0.2) is 6.07 Å². The first-order valence-corrected chi connectivity index (χ1v) is 4.84. The molecule has 0 spiro atoms. The quantitative estimate of drug-likeness (QED) is 0.755. The van der Waals surface area contributed by atoms with Crippen molar-refractivity contribution in [3.63, 3.8) is 0 Å². The van der Waals surface area contributed by atoms with E-state index in [1.807, 2.05) is 6.92 Å². The van der Waals surface area contributed by atoms with Crippen molar-refractivity contribution in [2.24, 2.45) is 0 Å². The Balaban J connectivity index is 3.53. The summed E-state index contributed by atoms with van der Waals surface area (Å²) < 4.78 is 0. The first-order chi connectivity index (χ1) is 6.25. The van der Waals surface area contributed by atoms with Crippen LogP contribution in [0.5, 0.6) is 5.75 Å². The molecular formula is C11H15ClO2. The number of aryl methyl sites for hydroxylation is 1. The lowest BCUT2D eigenvalue weighted by atomic mass is 9.89. The van der Waals surface area contributed by atoms with Gasteiger partial charge in [0.2, 0.25) is 0 Å². The molecule has 0 atom stereocenters. The molecule has 3 heteroatoms. The molecule has 1 aromatic rings. The van der Waals surface area contributed by atoms with Crippen molar-refractivity contribution < 1.29 is 10.2 Å². The molecule has 0 fully saturated rings. The van der Waals surface area contributed by atoms with E-state index < -0.39 is 5.60 Å². The molecule has 0 aromatic heterocycles. The highest BCUT2D eigenvalue weighted by molar-refractivity contribution is 6.32. The van der Waals surface area contributed by atoms with Crippen molar-refractivity contribution >= 4 is 11.6 Å². The molecule has 2 nitrogen and oxygen atoms in total. The molecule has 0 aliphatic carbocycles. The van der Waals surface area contributed by atoms with Crippen molar-refractivity contribution in [3.8, 4) is 5.75 Å². The summed E-state index contributed by atoms with van der Waals surface area (Å²) in [6, 6.07) is 1.57. The van der Waals surface area contributed by atoms with Gasteiger partial charge in [0.15, 0.2) is 0 Å². The van der Waals surface area contributed by atoms with Gasteiger partial charge in [-0.25, -0.2) is 0 Å². The van der Waals surface area contributed by atoms with E-state index in [1.54, 1.807) is 26.8 Å². The van der Waals surface area contributed by atoms with Crippen molar-refractivity contribution in [2.45, 2.75) is 33.3 Å². The normalized spacial score (nSPS) is 11.9. The Bertz CT molecular complexity index is 365. The van der Waals surface area contributed by atoms with Gasteiger partial charge in [0.25, 0.3) is 0 Å². The van der Waals surface area contributed by atoms with Crippen LogP contribution in [0.2, 0.25) is 5.02 Å². The Kier molecular flexibility index (Phi) is 2.79. The first-order valence-electron chi connectivity index (χ1n) is 4.46. The fourth-order valence-electron chi connectivity index (χ4n) is 1.88. The molecule has 0 aliphatic rings. The standard InChI is InChI=1S/C11H15ClO2/c1-6-5-8(13)10(12)7(2)9(6)11(3,4)14/h5,13-14H,1-4H3. The van der Waals surface area contributed by atoms with Crippen LogP contribution in [0.1, 0.15) is 30.5 Å². The maximum Gasteiger partial charge on any atom is 0.134 e. The fourth-order valence-corrected chi connectivity index (χ4v) is 2.03. The number of benzene rings is 1. The molecular weight excluding hydrogens is 200 g/mol. The maximum atomic E-state index is 9.93. The zero-order valence-corrected chi connectivity index (χ0v) is 9.61. The predicted molar refractivity (Wildman–Crippen MR) is 57.8 cm³/mol. The molecule has 0 saturated heterocycles. The Morgan fingerprint density at radius 1 is 1.29 bits per heavy atom. The molecule has 2 N–H and O–H groups in total. The summed E-state index contributed by atoms with van der Waals surface area (Å²) in [5.41, 5.74) is 1.42. The number of rotatable bonds is 1. The number of phenols is 1. The van der Waals surface area contributed by atoms with Gasteiger partial charge in [0, 0.05) is 0 Å². The minimum absolute atomic E-state index is 0.0645. The molecule has 0 amide bonds. The Morgan fingerprint density at radius 2 is 1.79 bits per heavy atom. The fraction of sp³-hybridized carbons (Fsp3) is 0.455. The van der Waals surface area contributed by atoms with E-state index in [0.29, 0.717) is 5.02 Å². The Morgan fingerprint density at radius 3 is 2.21 bits per heavy atom. The number of phenolic OH excluding ortho intramolecular Hbond substituents is 1. The van der Waals surface area contributed by atoms with E-state index in [1.165, 1.54) is 0 Å². The highest BCUT2D eigenvalue weighted by Crippen LogP contribution is 2.36. The smallest absolute Gasteiger partial charge is 0.134 e. The van der Waals surface area contributed by atoms with Crippen LogP contribution in [0.25, 0.3) is 0 Å². The molecule has 1 aromatic carbocycles. The summed E-state index contributed by atoms with van der Waals surface area (Å²) in [5.74, 6) is 0.0645. The highest BCUT2D eigenvalue weighted by Gasteiger charge is 2.23. The Labute approximate surface area is 89.1 Å². The molecule has 0 saturated carbocycles. The SMILES string of the molecule is Cc1cc(O)c(Cl)c(C)c1C(C)(C)O. The lowest BCUT2D eigenvalue weighted by Crippen LogP contribution is -2.19. The lowest BCUT2D eigenvalue weighted by Gasteiger charge is -2.24. The van der Waals surface area contributed by atoms with Crippen LogP contribution in [0.4, 0.5) is 0 Å². The summed E-state index contributed by atoms with van der Waals surface area (Å²) in [5, 5.41) is 19.7. The summed E-state index contributed by atoms with van der Waals surface area (Å²) >= 11 is 5.90. The second-order valence-electron chi connectivity index (χ2n) is 4.09. The van der Waals surface area contributed by atoms with E-state index in [-0.39, 0.29) is 5.75 Å². The highest BCUT2D eigenvalue weighted by atomic mass is 35.5. The van der Waals surface area contributed by atoms with Gasteiger partial charge in [-0.2, -0.15) is 0 Å². The zero-order chi connectivity index (χ0) is 11.1. The van der Waals surface area contributed by atoms with Gasteiger partial charge in [-0.15, -0.1) is 0 Å². The molecule has 0 heterocycles. The van der Waals surface area contributed by atoms with Crippen LogP contribution in [0, 0.1) is 13.8 Å². The average Bonchev–Trinajstić information content (AvgIpc) is 1.97. The summed E-state index contributed by atoms with van der Waals surface area (Å²) in [4.78, 5) is 0. The number of halogens is 1. The topological polar surface area (TPSA) is 40.5 Å². The van der Waals surface area contributed by atoms with E-state index in [2.05, 4.69) is 0 Å². The minimum Gasteiger partial charge on any atom is -0.506 e. The molecule has 0 aliphatic heterocycles. The van der Waals surface area contributed by atoms with Crippen LogP contribution < -0.4 is 0 Å². The predicted octanol–water partition coefficient (Wildman–Crippen LogP) is 2.89. The monoisotopic (exact) mass is 214 g/mol. The molecule has 0 radical (unpaired) electrons. The number of hydrogen-bond donors (Lipinski definition) is 2. The summed E-state index contributed by atoms with van der Waals surface area (Å²) in [6.45, 7) is 7.05. The minimum atomic E-state index is -0.939. The third-order valence-electron chi connectivity index (χ3n) is 2.29. The Hall–Kier alpha value is -0.730. The second kappa shape index (κ2) is 3.44. The van der Waals surface area contributed by atoms with E-state index in [0.717, 1.165) is 16.7 Å². The van der Waals surface area contributed by atoms with Gasteiger partial charge in [0.05, 0.1) is 10.6 Å². The van der Waals surface area contributed by atoms with Gasteiger partial charge >= 0.3 is 0 Å². The van der Waals surface area contributed by atoms with Crippen molar-refractivity contribution in [1.29, 1.82) is 0 Å². The van der Waals surface area contributed by atoms with Crippen molar-refractivity contribution in [2.75, 3.05) is 0 Å². The molecule has 0 unspecified atom stereocenters. The zero-order valence-electron chi connectivity index (χ0n) is 8.85. The van der Waals surface area contributed by atoms with Gasteiger partial charge in [-0.3, -0.25) is 0 Å². The molecule has 14 heavy (non-hydrogen) atoms. The van der Waals surface area contributed by atoms with Crippen molar-refractivity contribution in [1.82, 2.24) is 0 Å². The van der Waals surface area contributed by atoms with Crippen LogP contribution in [-0.4, -0.2) is 10.2 Å². The van der Waals surface area contributed by atoms with Crippen LogP contribution >= 0.6 is 11.6 Å². The van der Waals surface area contributed by atoms with Gasteiger partial charge in [0.1, 0.15) is 5.75 Å². The largest absolute Gasteiger partial charge is 0.506 e. The number of aromatic hydroxyl groups is 1. The average molecular weight is 215 g/mol. The first kappa shape index (κ1) is 11.3. The van der Waals surface area contributed by atoms with E-state index in [9.17, 15) is 10.2 Å². The lowest BCUT2D eigenvalue weighted by molar-refractivity contribution is 0.0772. The molecule has 0 bridgehead atoms. The van der Waals surface area contributed by atoms with Crippen LogP contribution in [0.3, 0.4) is 0 Å². The third kappa shape index (κ3) is 1.86. The molecule has 1 rings (SSSR count).